The van der Waals surface area contributed by atoms with E-state index in [0.717, 1.165) is 0 Å². The average Bonchev–Trinajstić information content (AvgIpc) is 2.93. The number of benzene rings is 1. The first kappa shape index (κ1) is 16.2. The predicted molar refractivity (Wildman–Crippen MR) is 92.7 cm³/mol. The van der Waals surface area contributed by atoms with E-state index in [1.807, 2.05) is 11.4 Å². The number of thiophene rings is 1. The van der Waals surface area contributed by atoms with Crippen LogP contribution >= 0.6 is 35.2 Å². The lowest BCUT2D eigenvalue weighted by Gasteiger charge is -2.23. The van der Waals surface area contributed by atoms with Crippen molar-refractivity contribution in [3.63, 3.8) is 0 Å². The minimum atomic E-state index is -0.445. The molecule has 0 saturated heterocycles. The Morgan fingerprint density at radius 3 is 2.67 bits per heavy atom. The van der Waals surface area contributed by atoms with Crippen LogP contribution in [0.1, 0.15) is 24.8 Å². The van der Waals surface area contributed by atoms with Crippen molar-refractivity contribution in [2.45, 2.75) is 19.9 Å². The monoisotopic (exact) mass is 342 g/mol. The molecule has 1 aromatic carbocycles. The first-order valence-electron chi connectivity index (χ1n) is 6.53. The molecule has 2 rings (SSSR count). The fraction of sp³-hybridized carbons (Fsp3) is 0.267. The first-order chi connectivity index (χ1) is 9.97. The molecule has 0 amide bonds. The SMILES string of the molecule is CC(C)[C@H](NC(=S)Nc1ccc(F)c(Cl)c1)c1cccs1. The smallest absolute Gasteiger partial charge is 0.171 e. The van der Waals surface area contributed by atoms with E-state index in [1.165, 1.54) is 17.0 Å². The van der Waals surface area contributed by atoms with Crippen molar-refractivity contribution in [2.24, 2.45) is 5.92 Å². The van der Waals surface area contributed by atoms with Crippen LogP contribution in [-0.2, 0) is 0 Å². The third-order valence-electron chi connectivity index (χ3n) is 2.98. The molecule has 0 radical (unpaired) electrons. The van der Waals surface area contributed by atoms with Gasteiger partial charge < -0.3 is 10.6 Å². The lowest BCUT2D eigenvalue weighted by molar-refractivity contribution is 0.480. The van der Waals surface area contributed by atoms with Gasteiger partial charge in [0.2, 0.25) is 0 Å². The normalized spacial score (nSPS) is 12.2. The third kappa shape index (κ3) is 4.40. The molecule has 6 heteroatoms. The molecule has 2 aromatic rings. The number of rotatable bonds is 4. The lowest BCUT2D eigenvalue weighted by atomic mass is 10.0. The molecule has 2 N–H and O–H groups in total. The second-order valence-corrected chi connectivity index (χ2v) is 6.76. The van der Waals surface area contributed by atoms with E-state index in [4.69, 9.17) is 23.8 Å². The number of halogens is 2. The van der Waals surface area contributed by atoms with Gasteiger partial charge in [0, 0.05) is 10.6 Å². The summed E-state index contributed by atoms with van der Waals surface area (Å²) in [5.41, 5.74) is 0.660. The summed E-state index contributed by atoms with van der Waals surface area (Å²) in [6.07, 6.45) is 0. The highest BCUT2D eigenvalue weighted by atomic mass is 35.5. The summed E-state index contributed by atoms with van der Waals surface area (Å²) < 4.78 is 13.1. The number of anilines is 1. The fourth-order valence-electron chi connectivity index (χ4n) is 1.92. The Morgan fingerprint density at radius 1 is 1.33 bits per heavy atom. The van der Waals surface area contributed by atoms with Gasteiger partial charge in [0.05, 0.1) is 11.1 Å². The maximum Gasteiger partial charge on any atom is 0.171 e. The molecule has 1 aromatic heterocycles. The molecular weight excluding hydrogens is 327 g/mol. The molecular formula is C15H16ClFN2S2. The van der Waals surface area contributed by atoms with Crippen LogP contribution in [0.5, 0.6) is 0 Å². The highest BCUT2D eigenvalue weighted by molar-refractivity contribution is 7.80. The molecule has 1 heterocycles. The van der Waals surface area contributed by atoms with Crippen LogP contribution < -0.4 is 10.6 Å². The highest BCUT2D eigenvalue weighted by Gasteiger charge is 2.17. The third-order valence-corrected chi connectivity index (χ3v) is 4.45. The van der Waals surface area contributed by atoms with Crippen molar-refractivity contribution in [1.29, 1.82) is 0 Å². The zero-order valence-corrected chi connectivity index (χ0v) is 14.1. The molecule has 0 aliphatic heterocycles. The zero-order chi connectivity index (χ0) is 15.4. The van der Waals surface area contributed by atoms with Gasteiger partial charge in [-0.15, -0.1) is 11.3 Å². The Labute approximate surface area is 138 Å². The van der Waals surface area contributed by atoms with Gasteiger partial charge in [-0.05, 0) is 47.8 Å². The molecule has 2 nitrogen and oxygen atoms in total. The Balaban J connectivity index is 2.04. The molecule has 112 valence electrons. The molecule has 0 fully saturated rings. The van der Waals surface area contributed by atoms with Crippen LogP contribution in [0.2, 0.25) is 5.02 Å². The second kappa shape index (κ2) is 7.20. The number of thiocarbonyl (C=S) groups is 1. The zero-order valence-electron chi connectivity index (χ0n) is 11.7. The number of hydrogen-bond acceptors (Lipinski definition) is 2. The van der Waals surface area contributed by atoms with Crippen LogP contribution in [0.4, 0.5) is 10.1 Å². The highest BCUT2D eigenvalue weighted by Crippen LogP contribution is 2.26. The van der Waals surface area contributed by atoms with Gasteiger partial charge in [-0.1, -0.05) is 31.5 Å². The molecule has 0 saturated carbocycles. The molecule has 1 atom stereocenters. The molecule has 0 aliphatic carbocycles. The van der Waals surface area contributed by atoms with E-state index in [1.54, 1.807) is 17.4 Å². The van der Waals surface area contributed by atoms with Crippen molar-refractivity contribution < 1.29 is 4.39 Å². The van der Waals surface area contributed by atoms with Crippen LogP contribution in [-0.4, -0.2) is 5.11 Å². The summed E-state index contributed by atoms with van der Waals surface area (Å²) in [6, 6.07) is 8.67. The number of nitrogens with one attached hydrogen (secondary N) is 2. The maximum absolute atomic E-state index is 13.1. The van der Waals surface area contributed by atoms with Gasteiger partial charge >= 0.3 is 0 Å². The Hall–Kier alpha value is -1.17. The summed E-state index contributed by atoms with van der Waals surface area (Å²) in [5.74, 6) is -0.0556. The van der Waals surface area contributed by atoms with E-state index in [0.29, 0.717) is 16.7 Å². The summed E-state index contributed by atoms with van der Waals surface area (Å²) in [5, 5.41) is 8.93. The second-order valence-electron chi connectivity index (χ2n) is 4.96. The van der Waals surface area contributed by atoms with Crippen molar-refractivity contribution in [3.05, 3.63) is 51.4 Å². The molecule has 0 aliphatic rings. The van der Waals surface area contributed by atoms with Crippen molar-refractivity contribution >= 4 is 46.0 Å². The van der Waals surface area contributed by atoms with Crippen molar-refractivity contribution in [2.75, 3.05) is 5.32 Å². The van der Waals surface area contributed by atoms with Crippen LogP contribution in [0.3, 0.4) is 0 Å². The van der Waals surface area contributed by atoms with Gasteiger partial charge in [0.1, 0.15) is 5.82 Å². The summed E-state index contributed by atoms with van der Waals surface area (Å²) in [6.45, 7) is 4.27. The van der Waals surface area contributed by atoms with Gasteiger partial charge in [-0.25, -0.2) is 4.39 Å². The maximum atomic E-state index is 13.1. The molecule has 0 bridgehead atoms. The topological polar surface area (TPSA) is 24.1 Å². The van der Waals surface area contributed by atoms with E-state index in [2.05, 4.69) is 30.5 Å². The van der Waals surface area contributed by atoms with E-state index >= 15 is 0 Å². The van der Waals surface area contributed by atoms with E-state index < -0.39 is 5.82 Å². The summed E-state index contributed by atoms with van der Waals surface area (Å²) >= 11 is 12.8. The van der Waals surface area contributed by atoms with Crippen molar-refractivity contribution in [3.8, 4) is 0 Å². The van der Waals surface area contributed by atoms with Crippen LogP contribution in [0.25, 0.3) is 0 Å². The van der Waals surface area contributed by atoms with Gasteiger partial charge in [-0.2, -0.15) is 0 Å². The van der Waals surface area contributed by atoms with Gasteiger partial charge in [-0.3, -0.25) is 0 Å². The fourth-order valence-corrected chi connectivity index (χ4v) is 3.29. The predicted octanol–water partition coefficient (Wildman–Crippen LogP) is 5.22. The summed E-state index contributed by atoms with van der Waals surface area (Å²) in [7, 11) is 0. The minimum Gasteiger partial charge on any atom is -0.355 e. The first-order valence-corrected chi connectivity index (χ1v) is 8.20. The average molecular weight is 343 g/mol. The Morgan fingerprint density at radius 2 is 2.10 bits per heavy atom. The largest absolute Gasteiger partial charge is 0.355 e. The van der Waals surface area contributed by atoms with E-state index in [9.17, 15) is 4.39 Å². The quantitative estimate of drug-likeness (QED) is 0.744. The Kier molecular flexibility index (Phi) is 5.56. The Bertz CT molecular complexity index is 614. The summed E-state index contributed by atoms with van der Waals surface area (Å²) in [4.78, 5) is 1.23. The van der Waals surface area contributed by atoms with Crippen molar-refractivity contribution in [1.82, 2.24) is 5.32 Å². The molecule has 21 heavy (non-hydrogen) atoms. The molecule has 0 unspecified atom stereocenters. The van der Waals surface area contributed by atoms with Gasteiger partial charge in [0.25, 0.3) is 0 Å². The van der Waals surface area contributed by atoms with Crippen LogP contribution in [0, 0.1) is 11.7 Å². The number of hydrogen-bond donors (Lipinski definition) is 2. The van der Waals surface area contributed by atoms with Gasteiger partial charge in [0.15, 0.2) is 5.11 Å². The minimum absolute atomic E-state index is 0.0708. The van der Waals surface area contributed by atoms with Crippen LogP contribution in [0.15, 0.2) is 35.7 Å². The standard InChI is InChI=1S/C15H16ClFN2S2/c1-9(2)14(13-4-3-7-21-13)19-15(20)18-10-5-6-12(17)11(16)8-10/h3-9,14H,1-2H3,(H2,18,19,20)/t14-/m0/s1. The molecule has 0 spiro atoms. The van der Waals surface area contributed by atoms with E-state index in [-0.39, 0.29) is 11.1 Å². The lowest BCUT2D eigenvalue weighted by Crippen LogP contribution is -2.34.